The number of rotatable bonds is 3. The molecule has 0 bridgehead atoms. The maximum Gasteiger partial charge on any atom is 0.193 e. The van der Waals surface area contributed by atoms with Gasteiger partial charge in [0.25, 0.3) is 0 Å². The molecular formula is C6H8ClNO2. The lowest BCUT2D eigenvalue weighted by Crippen LogP contribution is -2.02. The van der Waals surface area contributed by atoms with Crippen LogP contribution in [0.4, 0.5) is 0 Å². The molecule has 0 spiro atoms. The summed E-state index contributed by atoms with van der Waals surface area (Å²) in [6, 6.07) is 3.48. The second kappa shape index (κ2) is 3.61. The van der Waals surface area contributed by atoms with E-state index in [0.29, 0.717) is 18.2 Å². The average molecular weight is 162 g/mol. The van der Waals surface area contributed by atoms with Crippen molar-refractivity contribution in [3.63, 3.8) is 0 Å². The Bertz CT molecular complexity index is 199. The van der Waals surface area contributed by atoms with Crippen LogP contribution >= 0.6 is 11.6 Å². The lowest BCUT2D eigenvalue weighted by Gasteiger charge is -1.92. The average Bonchev–Trinajstić information content (AvgIpc) is 2.31. The minimum absolute atomic E-state index is 0.395. The Morgan fingerprint density at radius 1 is 1.60 bits per heavy atom. The van der Waals surface area contributed by atoms with Crippen LogP contribution in [0.15, 0.2) is 16.5 Å². The van der Waals surface area contributed by atoms with Crippen LogP contribution < -0.4 is 5.90 Å². The predicted molar refractivity (Wildman–Crippen MR) is 37.6 cm³/mol. The molecule has 0 aliphatic rings. The summed E-state index contributed by atoms with van der Waals surface area (Å²) in [7, 11) is 0. The first kappa shape index (κ1) is 7.60. The molecule has 1 aromatic heterocycles. The van der Waals surface area contributed by atoms with Crippen LogP contribution in [-0.4, -0.2) is 6.61 Å². The Kier molecular flexibility index (Phi) is 2.74. The van der Waals surface area contributed by atoms with E-state index in [0.717, 1.165) is 5.76 Å². The maximum absolute atomic E-state index is 5.50. The summed E-state index contributed by atoms with van der Waals surface area (Å²) in [6.45, 7) is 0.448. The predicted octanol–water partition coefficient (Wildman–Crippen LogP) is 1.37. The van der Waals surface area contributed by atoms with Crippen LogP contribution in [0.3, 0.4) is 0 Å². The molecule has 0 amide bonds. The molecule has 0 unspecified atom stereocenters. The molecule has 0 saturated carbocycles. The van der Waals surface area contributed by atoms with E-state index in [4.69, 9.17) is 21.9 Å². The van der Waals surface area contributed by atoms with Gasteiger partial charge in [0, 0.05) is 6.42 Å². The molecule has 2 N–H and O–H groups in total. The zero-order valence-electron chi connectivity index (χ0n) is 5.34. The van der Waals surface area contributed by atoms with E-state index in [1.165, 1.54) is 0 Å². The summed E-state index contributed by atoms with van der Waals surface area (Å²) in [4.78, 5) is 4.35. The molecule has 10 heavy (non-hydrogen) atoms. The van der Waals surface area contributed by atoms with Crippen LogP contribution in [0.25, 0.3) is 0 Å². The first-order chi connectivity index (χ1) is 4.83. The van der Waals surface area contributed by atoms with Gasteiger partial charge in [-0.05, 0) is 23.7 Å². The normalized spacial score (nSPS) is 10.2. The number of hydrogen-bond donors (Lipinski definition) is 1. The lowest BCUT2D eigenvalue weighted by atomic mass is 10.3. The Morgan fingerprint density at radius 3 is 2.90 bits per heavy atom. The molecule has 0 aliphatic carbocycles. The van der Waals surface area contributed by atoms with Crippen molar-refractivity contribution in [2.24, 2.45) is 5.90 Å². The molecule has 0 saturated heterocycles. The molecule has 4 heteroatoms. The summed E-state index contributed by atoms with van der Waals surface area (Å²) in [5.41, 5.74) is 0. The Hall–Kier alpha value is -0.510. The van der Waals surface area contributed by atoms with Gasteiger partial charge in [-0.2, -0.15) is 0 Å². The zero-order chi connectivity index (χ0) is 7.40. The van der Waals surface area contributed by atoms with Gasteiger partial charge < -0.3 is 9.25 Å². The molecule has 0 radical (unpaired) electrons. The number of hydrogen-bond acceptors (Lipinski definition) is 3. The fraction of sp³-hybridized carbons (Fsp3) is 0.333. The van der Waals surface area contributed by atoms with E-state index >= 15 is 0 Å². The summed E-state index contributed by atoms with van der Waals surface area (Å²) in [5.74, 6) is 5.60. The van der Waals surface area contributed by atoms with Crippen molar-refractivity contribution in [2.75, 3.05) is 6.61 Å². The summed E-state index contributed by atoms with van der Waals surface area (Å²) >= 11 is 5.50. The van der Waals surface area contributed by atoms with Crippen molar-refractivity contribution in [3.8, 4) is 0 Å². The topological polar surface area (TPSA) is 48.4 Å². The van der Waals surface area contributed by atoms with E-state index < -0.39 is 0 Å². The van der Waals surface area contributed by atoms with Crippen molar-refractivity contribution >= 4 is 11.6 Å². The highest BCUT2D eigenvalue weighted by Crippen LogP contribution is 2.12. The standard InChI is InChI=1S/C6H8ClNO2/c7-6-2-1-5(10-6)3-4-9-8/h1-2H,3-4,8H2. The van der Waals surface area contributed by atoms with Gasteiger partial charge in [-0.15, -0.1) is 0 Å². The lowest BCUT2D eigenvalue weighted by molar-refractivity contribution is 0.137. The van der Waals surface area contributed by atoms with Crippen LogP contribution in [0, 0.1) is 0 Å². The second-order valence-corrected chi connectivity index (χ2v) is 2.20. The minimum Gasteiger partial charge on any atom is -0.450 e. The molecule has 0 atom stereocenters. The fourth-order valence-corrected chi connectivity index (χ4v) is 0.808. The highest BCUT2D eigenvalue weighted by atomic mass is 35.5. The van der Waals surface area contributed by atoms with E-state index in [-0.39, 0.29) is 0 Å². The van der Waals surface area contributed by atoms with Crippen molar-refractivity contribution in [1.82, 2.24) is 0 Å². The van der Waals surface area contributed by atoms with Gasteiger partial charge in [-0.1, -0.05) is 0 Å². The third kappa shape index (κ3) is 2.02. The Labute approximate surface area is 63.7 Å². The molecule has 0 aromatic carbocycles. The zero-order valence-corrected chi connectivity index (χ0v) is 6.10. The van der Waals surface area contributed by atoms with Gasteiger partial charge >= 0.3 is 0 Å². The summed E-state index contributed by atoms with van der Waals surface area (Å²) in [5, 5.41) is 0.395. The second-order valence-electron chi connectivity index (χ2n) is 1.83. The first-order valence-electron chi connectivity index (χ1n) is 2.89. The van der Waals surface area contributed by atoms with Gasteiger partial charge in [0.05, 0.1) is 6.61 Å². The van der Waals surface area contributed by atoms with Crippen molar-refractivity contribution in [1.29, 1.82) is 0 Å². The minimum atomic E-state index is 0.395. The largest absolute Gasteiger partial charge is 0.450 e. The molecule has 0 fully saturated rings. The van der Waals surface area contributed by atoms with Crippen LogP contribution in [-0.2, 0) is 11.3 Å². The fourth-order valence-electron chi connectivity index (χ4n) is 0.646. The van der Waals surface area contributed by atoms with E-state index in [1.54, 1.807) is 12.1 Å². The first-order valence-corrected chi connectivity index (χ1v) is 3.26. The molecule has 1 aromatic rings. The van der Waals surface area contributed by atoms with Gasteiger partial charge in [0.1, 0.15) is 5.76 Å². The van der Waals surface area contributed by atoms with Crippen molar-refractivity contribution in [3.05, 3.63) is 23.1 Å². The van der Waals surface area contributed by atoms with E-state index in [1.807, 2.05) is 0 Å². The van der Waals surface area contributed by atoms with Gasteiger partial charge in [0.15, 0.2) is 5.22 Å². The number of halogens is 1. The number of nitrogens with two attached hydrogens (primary N) is 1. The molecular weight excluding hydrogens is 154 g/mol. The smallest absolute Gasteiger partial charge is 0.193 e. The molecule has 3 nitrogen and oxygen atoms in total. The van der Waals surface area contributed by atoms with E-state index in [9.17, 15) is 0 Å². The third-order valence-electron chi connectivity index (χ3n) is 1.10. The number of furan rings is 1. The van der Waals surface area contributed by atoms with Crippen molar-refractivity contribution in [2.45, 2.75) is 6.42 Å². The third-order valence-corrected chi connectivity index (χ3v) is 1.30. The summed E-state index contributed by atoms with van der Waals surface area (Å²) < 4.78 is 5.02. The molecule has 56 valence electrons. The van der Waals surface area contributed by atoms with Crippen LogP contribution in [0.1, 0.15) is 5.76 Å². The molecule has 1 heterocycles. The highest BCUT2D eigenvalue weighted by Gasteiger charge is 1.97. The molecule has 0 aliphatic heterocycles. The Morgan fingerprint density at radius 2 is 2.40 bits per heavy atom. The van der Waals surface area contributed by atoms with Gasteiger partial charge in [-0.3, -0.25) is 0 Å². The van der Waals surface area contributed by atoms with Crippen LogP contribution in [0.5, 0.6) is 0 Å². The highest BCUT2D eigenvalue weighted by molar-refractivity contribution is 6.28. The monoisotopic (exact) mass is 161 g/mol. The van der Waals surface area contributed by atoms with Crippen LogP contribution in [0.2, 0.25) is 5.22 Å². The quantitative estimate of drug-likeness (QED) is 0.682. The van der Waals surface area contributed by atoms with Crippen molar-refractivity contribution < 1.29 is 9.25 Å². The van der Waals surface area contributed by atoms with E-state index in [2.05, 4.69) is 4.84 Å². The Balaban J connectivity index is 2.42. The van der Waals surface area contributed by atoms with Gasteiger partial charge in [-0.25, -0.2) is 5.90 Å². The maximum atomic E-state index is 5.50. The van der Waals surface area contributed by atoms with Gasteiger partial charge in [0.2, 0.25) is 0 Å². The summed E-state index contributed by atoms with van der Waals surface area (Å²) in [6.07, 6.45) is 0.656. The molecule has 1 rings (SSSR count). The SMILES string of the molecule is NOCCc1ccc(Cl)o1.